The number of carbonyl (C=O) groups excluding carboxylic acids is 2. The van der Waals surface area contributed by atoms with Crippen LogP contribution < -0.4 is 22.1 Å². The minimum atomic E-state index is -0.901. The summed E-state index contributed by atoms with van der Waals surface area (Å²) in [5, 5.41) is 3.72. The molecular formula is C30H33ClN6O4. The largest absolute Gasteiger partial charge is 0.439 e. The van der Waals surface area contributed by atoms with Gasteiger partial charge in [0, 0.05) is 36.0 Å². The summed E-state index contributed by atoms with van der Waals surface area (Å²) in [7, 11) is 0. The van der Waals surface area contributed by atoms with Gasteiger partial charge in [-0.3, -0.25) is 29.0 Å². The molecule has 1 aliphatic rings. The van der Waals surface area contributed by atoms with Gasteiger partial charge in [0.25, 0.3) is 0 Å². The van der Waals surface area contributed by atoms with Gasteiger partial charge in [-0.05, 0) is 85.2 Å². The number of hydrogen-bond donors (Lipinski definition) is 3. The van der Waals surface area contributed by atoms with Crippen molar-refractivity contribution in [3.8, 4) is 22.5 Å². The fourth-order valence-corrected chi connectivity index (χ4v) is 5.35. The second-order valence-electron chi connectivity index (χ2n) is 10.2. The SMILES string of the molecule is Cl.NCC1CCC(C(=O)N(c2ccc(-c3noc(=O)[nH]3)cc2)[C@@H](Cc2ccc(-c3cccnc3)cc2)C(N)=O)CC1. The minimum absolute atomic E-state index is 0. The number of nitrogens with one attached hydrogen (secondary N) is 1. The number of anilines is 1. The number of H-pyrrole nitrogens is 1. The number of aromatic amines is 1. The molecule has 0 unspecified atom stereocenters. The number of pyridine rings is 1. The Morgan fingerprint density at radius 2 is 1.66 bits per heavy atom. The minimum Gasteiger partial charge on any atom is -0.368 e. The van der Waals surface area contributed by atoms with Crippen LogP contribution in [0.15, 0.2) is 82.4 Å². The number of benzene rings is 2. The van der Waals surface area contributed by atoms with Crippen molar-refractivity contribution >= 4 is 29.9 Å². The molecule has 10 nitrogen and oxygen atoms in total. The van der Waals surface area contributed by atoms with Crippen LogP contribution in [-0.4, -0.2) is 39.5 Å². The molecule has 0 radical (unpaired) electrons. The molecule has 41 heavy (non-hydrogen) atoms. The van der Waals surface area contributed by atoms with Crippen LogP contribution in [0.2, 0.25) is 0 Å². The summed E-state index contributed by atoms with van der Waals surface area (Å²) in [4.78, 5) is 46.6. The van der Waals surface area contributed by atoms with Gasteiger partial charge in [-0.2, -0.15) is 0 Å². The zero-order chi connectivity index (χ0) is 28.1. The van der Waals surface area contributed by atoms with E-state index in [1.54, 1.807) is 41.6 Å². The van der Waals surface area contributed by atoms with Crippen LogP contribution in [0.25, 0.3) is 22.5 Å². The molecule has 2 aromatic heterocycles. The van der Waals surface area contributed by atoms with Crippen molar-refractivity contribution in [2.75, 3.05) is 11.4 Å². The lowest BCUT2D eigenvalue weighted by atomic mass is 9.81. The highest BCUT2D eigenvalue weighted by Gasteiger charge is 2.36. The number of rotatable bonds is 9. The highest BCUT2D eigenvalue weighted by atomic mass is 35.5. The molecule has 0 spiro atoms. The van der Waals surface area contributed by atoms with Crippen LogP contribution in [0.3, 0.4) is 0 Å². The Kier molecular flexibility index (Phi) is 9.69. The van der Waals surface area contributed by atoms with E-state index in [9.17, 15) is 14.4 Å². The van der Waals surface area contributed by atoms with Crippen molar-refractivity contribution in [3.05, 3.63) is 89.2 Å². The predicted molar refractivity (Wildman–Crippen MR) is 158 cm³/mol. The van der Waals surface area contributed by atoms with Crippen molar-refractivity contribution < 1.29 is 14.1 Å². The normalized spacial score (nSPS) is 17.3. The molecule has 2 heterocycles. The maximum Gasteiger partial charge on any atom is 0.439 e. The van der Waals surface area contributed by atoms with E-state index in [0.29, 0.717) is 36.6 Å². The first-order valence-corrected chi connectivity index (χ1v) is 13.4. The first kappa shape index (κ1) is 29.7. The zero-order valence-electron chi connectivity index (χ0n) is 22.4. The van der Waals surface area contributed by atoms with E-state index >= 15 is 0 Å². The maximum atomic E-state index is 14.0. The molecule has 11 heteroatoms. The Morgan fingerprint density at radius 1 is 0.976 bits per heavy atom. The Balaban J connectivity index is 0.00000387. The summed E-state index contributed by atoms with van der Waals surface area (Å²) >= 11 is 0. The lowest BCUT2D eigenvalue weighted by Crippen LogP contribution is -2.52. The van der Waals surface area contributed by atoms with E-state index in [4.69, 9.17) is 11.5 Å². The van der Waals surface area contributed by atoms with Crippen molar-refractivity contribution in [2.45, 2.75) is 38.1 Å². The summed E-state index contributed by atoms with van der Waals surface area (Å²) in [6, 6.07) is 17.7. The molecule has 4 aromatic rings. The van der Waals surface area contributed by atoms with Gasteiger partial charge in [-0.1, -0.05) is 35.5 Å². The summed E-state index contributed by atoms with van der Waals surface area (Å²) in [5.74, 6) is -0.933. The Labute approximate surface area is 243 Å². The monoisotopic (exact) mass is 576 g/mol. The van der Waals surface area contributed by atoms with Gasteiger partial charge >= 0.3 is 5.76 Å². The first-order valence-electron chi connectivity index (χ1n) is 13.4. The van der Waals surface area contributed by atoms with Gasteiger partial charge in [0.2, 0.25) is 11.8 Å². The van der Waals surface area contributed by atoms with Crippen LogP contribution in [0.1, 0.15) is 31.2 Å². The number of primary amides is 1. The van der Waals surface area contributed by atoms with Crippen molar-refractivity contribution in [1.82, 2.24) is 15.1 Å². The molecule has 0 saturated heterocycles. The van der Waals surface area contributed by atoms with Gasteiger partial charge in [-0.25, -0.2) is 4.79 Å². The van der Waals surface area contributed by atoms with E-state index in [0.717, 1.165) is 29.5 Å². The summed E-state index contributed by atoms with van der Waals surface area (Å²) in [6.07, 6.45) is 6.93. The third-order valence-electron chi connectivity index (χ3n) is 7.64. The molecule has 214 valence electrons. The number of hydrogen-bond acceptors (Lipinski definition) is 7. The first-order chi connectivity index (χ1) is 19.4. The van der Waals surface area contributed by atoms with Crippen LogP contribution in [0, 0.1) is 11.8 Å². The van der Waals surface area contributed by atoms with E-state index < -0.39 is 17.7 Å². The van der Waals surface area contributed by atoms with E-state index in [-0.39, 0.29) is 36.5 Å². The number of aromatic nitrogens is 3. The van der Waals surface area contributed by atoms with Gasteiger partial charge in [-0.15, -0.1) is 12.4 Å². The number of nitrogens with zero attached hydrogens (tertiary/aromatic N) is 3. The second kappa shape index (κ2) is 13.4. The fourth-order valence-electron chi connectivity index (χ4n) is 5.35. The van der Waals surface area contributed by atoms with Gasteiger partial charge in [0.05, 0.1) is 0 Å². The lowest BCUT2D eigenvalue weighted by Gasteiger charge is -2.35. The predicted octanol–water partition coefficient (Wildman–Crippen LogP) is 3.71. The van der Waals surface area contributed by atoms with Crippen molar-refractivity contribution in [3.63, 3.8) is 0 Å². The number of amides is 2. The Hall–Kier alpha value is -4.28. The smallest absolute Gasteiger partial charge is 0.368 e. The highest BCUT2D eigenvalue weighted by molar-refractivity contribution is 6.01. The van der Waals surface area contributed by atoms with E-state index in [1.807, 2.05) is 36.4 Å². The summed E-state index contributed by atoms with van der Waals surface area (Å²) < 4.78 is 4.61. The molecule has 1 atom stereocenters. The molecule has 0 aliphatic heterocycles. The maximum absolute atomic E-state index is 14.0. The molecule has 2 aromatic carbocycles. The molecule has 1 aliphatic carbocycles. The lowest BCUT2D eigenvalue weighted by molar-refractivity contribution is -0.127. The number of carbonyl (C=O) groups is 2. The fraction of sp³-hybridized carbons (Fsp3) is 0.300. The quantitative estimate of drug-likeness (QED) is 0.273. The third kappa shape index (κ3) is 6.90. The standard InChI is InChI=1S/C30H32N6O4.ClH/c31-17-20-5-9-23(10-6-20)29(38)36(25-13-11-22(12-14-25)28-34-30(39)40-35-28)26(27(32)37)16-19-3-7-21(8-4-19)24-2-1-15-33-18-24;/h1-4,7-8,11-15,18,20,23,26H,5-6,9-10,16-17,31H2,(H2,32,37)(H,34,35,39);1H/t20?,23?,26-;/m0./s1. The van der Waals surface area contributed by atoms with Gasteiger partial charge < -0.3 is 11.5 Å². The second-order valence-corrected chi connectivity index (χ2v) is 10.2. The van der Waals surface area contributed by atoms with Gasteiger partial charge in [0.15, 0.2) is 5.82 Å². The molecule has 5 rings (SSSR count). The molecule has 5 N–H and O–H groups in total. The number of halogens is 1. The van der Waals surface area contributed by atoms with E-state index in [1.165, 1.54) is 0 Å². The topological polar surface area (TPSA) is 161 Å². The van der Waals surface area contributed by atoms with Crippen molar-refractivity contribution in [1.29, 1.82) is 0 Å². The molecule has 2 amide bonds. The molecular weight excluding hydrogens is 544 g/mol. The average Bonchev–Trinajstić information content (AvgIpc) is 3.44. The summed E-state index contributed by atoms with van der Waals surface area (Å²) in [5.41, 5.74) is 15.8. The van der Waals surface area contributed by atoms with Crippen LogP contribution in [0.4, 0.5) is 5.69 Å². The molecule has 1 fully saturated rings. The van der Waals surface area contributed by atoms with Crippen LogP contribution >= 0.6 is 12.4 Å². The third-order valence-corrected chi connectivity index (χ3v) is 7.64. The Morgan fingerprint density at radius 3 is 2.22 bits per heavy atom. The summed E-state index contributed by atoms with van der Waals surface area (Å²) in [6.45, 7) is 0.606. The molecule has 1 saturated carbocycles. The number of nitrogens with two attached hydrogens (primary N) is 2. The average molecular weight is 577 g/mol. The highest BCUT2D eigenvalue weighted by Crippen LogP contribution is 2.33. The van der Waals surface area contributed by atoms with Crippen molar-refractivity contribution in [2.24, 2.45) is 23.3 Å². The van der Waals surface area contributed by atoms with Crippen LogP contribution in [0.5, 0.6) is 0 Å². The Bertz CT molecular complexity index is 1500. The molecule has 0 bridgehead atoms. The van der Waals surface area contributed by atoms with E-state index in [2.05, 4.69) is 19.6 Å². The zero-order valence-corrected chi connectivity index (χ0v) is 23.3. The van der Waals surface area contributed by atoms with Gasteiger partial charge in [0.1, 0.15) is 6.04 Å². The van der Waals surface area contributed by atoms with Crippen LogP contribution in [-0.2, 0) is 16.0 Å².